The summed E-state index contributed by atoms with van der Waals surface area (Å²) >= 11 is 3.30. The van der Waals surface area contributed by atoms with Crippen LogP contribution in [0.15, 0.2) is 53.0 Å². The van der Waals surface area contributed by atoms with Gasteiger partial charge in [-0.3, -0.25) is 13.9 Å². The summed E-state index contributed by atoms with van der Waals surface area (Å²) in [6.45, 7) is 3.15. The van der Waals surface area contributed by atoms with E-state index in [0.29, 0.717) is 23.1 Å². The molecule has 2 amide bonds. The third-order valence-corrected chi connectivity index (χ3v) is 6.42. The van der Waals surface area contributed by atoms with Gasteiger partial charge < -0.3 is 10.2 Å². The van der Waals surface area contributed by atoms with Crippen LogP contribution in [-0.4, -0.2) is 50.5 Å². The molecular formula is C22H27BrFN3O4S. The number of halogens is 2. The summed E-state index contributed by atoms with van der Waals surface area (Å²) in [7, 11) is -3.81. The van der Waals surface area contributed by atoms with E-state index in [4.69, 9.17) is 0 Å². The van der Waals surface area contributed by atoms with Gasteiger partial charge in [0.2, 0.25) is 21.8 Å². The molecule has 0 aliphatic rings. The highest BCUT2D eigenvalue weighted by atomic mass is 79.9. The minimum absolute atomic E-state index is 0.178. The van der Waals surface area contributed by atoms with Gasteiger partial charge in [0.15, 0.2) is 0 Å². The van der Waals surface area contributed by atoms with Crippen molar-refractivity contribution < 1.29 is 22.4 Å². The summed E-state index contributed by atoms with van der Waals surface area (Å²) in [4.78, 5) is 27.1. The second kappa shape index (κ2) is 11.4. The van der Waals surface area contributed by atoms with Crippen LogP contribution < -0.4 is 9.62 Å². The molecule has 0 radical (unpaired) electrons. The molecule has 0 bridgehead atoms. The van der Waals surface area contributed by atoms with Gasteiger partial charge in [-0.25, -0.2) is 12.8 Å². The van der Waals surface area contributed by atoms with Crippen molar-refractivity contribution in [3.05, 3.63) is 64.4 Å². The zero-order chi connectivity index (χ0) is 23.9. The van der Waals surface area contributed by atoms with Crippen LogP contribution in [0.4, 0.5) is 10.1 Å². The van der Waals surface area contributed by atoms with E-state index in [1.807, 2.05) is 6.92 Å². The number of amides is 2. The number of hydrogen-bond acceptors (Lipinski definition) is 4. The van der Waals surface area contributed by atoms with Crippen molar-refractivity contribution >= 4 is 43.5 Å². The molecule has 7 nitrogen and oxygen atoms in total. The number of benzene rings is 2. The van der Waals surface area contributed by atoms with Crippen LogP contribution in [0.3, 0.4) is 0 Å². The van der Waals surface area contributed by atoms with Crippen LogP contribution in [0.1, 0.15) is 25.8 Å². The molecule has 0 heterocycles. The fourth-order valence-electron chi connectivity index (χ4n) is 3.03. The molecule has 174 valence electrons. The van der Waals surface area contributed by atoms with E-state index in [1.54, 1.807) is 30.3 Å². The Morgan fingerprint density at radius 1 is 1.16 bits per heavy atom. The number of hydrogen-bond donors (Lipinski definition) is 1. The predicted molar refractivity (Wildman–Crippen MR) is 126 cm³/mol. The van der Waals surface area contributed by atoms with Gasteiger partial charge in [-0.05, 0) is 37.6 Å². The summed E-state index contributed by atoms with van der Waals surface area (Å²) in [5.41, 5.74) is 0.522. The van der Waals surface area contributed by atoms with Crippen LogP contribution in [0.2, 0.25) is 0 Å². The predicted octanol–water partition coefficient (Wildman–Crippen LogP) is 3.30. The maximum absolute atomic E-state index is 14.3. The topological polar surface area (TPSA) is 86.8 Å². The quantitative estimate of drug-likeness (QED) is 0.513. The van der Waals surface area contributed by atoms with Crippen LogP contribution >= 0.6 is 15.9 Å². The van der Waals surface area contributed by atoms with Crippen molar-refractivity contribution in [2.75, 3.05) is 23.7 Å². The third-order valence-electron chi connectivity index (χ3n) is 4.79. The van der Waals surface area contributed by atoms with Gasteiger partial charge in [-0.15, -0.1) is 0 Å². The van der Waals surface area contributed by atoms with E-state index < -0.39 is 40.2 Å². The van der Waals surface area contributed by atoms with E-state index in [0.717, 1.165) is 10.6 Å². The molecule has 0 aromatic heterocycles. The van der Waals surface area contributed by atoms with Crippen molar-refractivity contribution in [2.24, 2.45) is 0 Å². The monoisotopic (exact) mass is 527 g/mol. The zero-order valence-corrected chi connectivity index (χ0v) is 20.6. The van der Waals surface area contributed by atoms with Crippen molar-refractivity contribution in [3.8, 4) is 0 Å². The second-order valence-corrected chi connectivity index (χ2v) is 10.2. The van der Waals surface area contributed by atoms with E-state index >= 15 is 0 Å². The first-order valence-electron chi connectivity index (χ1n) is 10.1. The molecule has 1 atom stereocenters. The van der Waals surface area contributed by atoms with E-state index in [9.17, 15) is 22.4 Å². The molecule has 0 saturated carbocycles. The first-order valence-corrected chi connectivity index (χ1v) is 12.7. The molecular weight excluding hydrogens is 501 g/mol. The first kappa shape index (κ1) is 25.8. The minimum Gasteiger partial charge on any atom is -0.354 e. The summed E-state index contributed by atoms with van der Waals surface area (Å²) < 4.78 is 40.8. The molecule has 32 heavy (non-hydrogen) atoms. The van der Waals surface area contributed by atoms with Crippen molar-refractivity contribution in [1.82, 2.24) is 10.2 Å². The van der Waals surface area contributed by atoms with E-state index in [2.05, 4.69) is 21.2 Å². The van der Waals surface area contributed by atoms with Gasteiger partial charge in [0.1, 0.15) is 18.4 Å². The van der Waals surface area contributed by atoms with Gasteiger partial charge in [-0.2, -0.15) is 0 Å². The fraction of sp³-hybridized carbons (Fsp3) is 0.364. The summed E-state index contributed by atoms with van der Waals surface area (Å²) in [5.74, 6) is -1.54. The molecule has 0 aliphatic heterocycles. The molecule has 0 spiro atoms. The van der Waals surface area contributed by atoms with Crippen LogP contribution in [-0.2, 0) is 26.2 Å². The third kappa shape index (κ3) is 7.03. The van der Waals surface area contributed by atoms with Crippen LogP contribution in [0.25, 0.3) is 0 Å². The van der Waals surface area contributed by atoms with Crippen LogP contribution in [0.5, 0.6) is 0 Å². The van der Waals surface area contributed by atoms with Crippen molar-refractivity contribution in [2.45, 2.75) is 32.9 Å². The van der Waals surface area contributed by atoms with E-state index in [-0.39, 0.29) is 12.1 Å². The molecule has 0 saturated heterocycles. The second-order valence-electron chi connectivity index (χ2n) is 7.33. The zero-order valence-electron chi connectivity index (χ0n) is 18.2. The minimum atomic E-state index is -3.81. The number of sulfonamides is 1. The molecule has 0 aliphatic carbocycles. The standard InChI is InChI=1S/C22H27BrFN3O4S/c1-4-12-25-22(29)16(2)26(14-17-8-5-6-11-20(17)24)21(28)15-27(32(3,30)31)19-10-7-9-18(23)13-19/h5-11,13,16H,4,12,14-15H2,1-3H3,(H,25,29). The molecule has 2 aromatic carbocycles. The normalized spacial score (nSPS) is 12.2. The number of anilines is 1. The summed E-state index contributed by atoms with van der Waals surface area (Å²) in [6.07, 6.45) is 1.71. The highest BCUT2D eigenvalue weighted by Crippen LogP contribution is 2.23. The smallest absolute Gasteiger partial charge is 0.244 e. The SMILES string of the molecule is CCCNC(=O)C(C)N(Cc1ccccc1F)C(=O)CN(c1cccc(Br)c1)S(C)(=O)=O. The maximum atomic E-state index is 14.3. The number of carbonyl (C=O) groups excluding carboxylic acids is 2. The highest BCUT2D eigenvalue weighted by Gasteiger charge is 2.30. The Hall–Kier alpha value is -2.46. The van der Waals surface area contributed by atoms with Crippen molar-refractivity contribution in [3.63, 3.8) is 0 Å². The Morgan fingerprint density at radius 2 is 1.84 bits per heavy atom. The molecule has 0 fully saturated rings. The Kier molecular flexibility index (Phi) is 9.21. The van der Waals surface area contributed by atoms with Gasteiger partial charge in [0.05, 0.1) is 11.9 Å². The molecule has 2 rings (SSSR count). The fourth-order valence-corrected chi connectivity index (χ4v) is 4.26. The Labute approximate surface area is 196 Å². The maximum Gasteiger partial charge on any atom is 0.244 e. The number of carbonyl (C=O) groups is 2. The summed E-state index contributed by atoms with van der Waals surface area (Å²) in [6, 6.07) is 11.5. The largest absolute Gasteiger partial charge is 0.354 e. The Bertz CT molecular complexity index is 1060. The number of nitrogens with one attached hydrogen (secondary N) is 1. The molecule has 1 N–H and O–H groups in total. The number of nitrogens with zero attached hydrogens (tertiary/aromatic N) is 2. The Balaban J connectivity index is 2.38. The lowest BCUT2D eigenvalue weighted by Gasteiger charge is -2.31. The lowest BCUT2D eigenvalue weighted by atomic mass is 10.1. The number of rotatable bonds is 10. The van der Waals surface area contributed by atoms with E-state index in [1.165, 1.54) is 30.0 Å². The molecule has 1 unspecified atom stereocenters. The molecule has 2 aromatic rings. The van der Waals surface area contributed by atoms with Crippen LogP contribution in [0, 0.1) is 5.82 Å². The van der Waals surface area contributed by atoms with Crippen molar-refractivity contribution in [1.29, 1.82) is 0 Å². The average Bonchev–Trinajstić information content (AvgIpc) is 2.73. The lowest BCUT2D eigenvalue weighted by molar-refractivity contribution is -0.139. The lowest BCUT2D eigenvalue weighted by Crippen LogP contribution is -2.51. The van der Waals surface area contributed by atoms with Gasteiger partial charge >= 0.3 is 0 Å². The molecule has 10 heteroatoms. The first-order chi connectivity index (χ1) is 15.0. The van der Waals surface area contributed by atoms with Gasteiger partial charge in [-0.1, -0.05) is 47.1 Å². The highest BCUT2D eigenvalue weighted by molar-refractivity contribution is 9.10. The van der Waals surface area contributed by atoms with Gasteiger partial charge in [0, 0.05) is 23.1 Å². The van der Waals surface area contributed by atoms with Gasteiger partial charge in [0.25, 0.3) is 0 Å². The average molecular weight is 528 g/mol. The Morgan fingerprint density at radius 3 is 2.44 bits per heavy atom. The summed E-state index contributed by atoms with van der Waals surface area (Å²) in [5, 5.41) is 2.73.